The number of hydrogen-bond donors (Lipinski definition) is 0. The van der Waals surface area contributed by atoms with Gasteiger partial charge in [-0.1, -0.05) is 60.7 Å². The summed E-state index contributed by atoms with van der Waals surface area (Å²) in [7, 11) is 0. The Morgan fingerprint density at radius 2 is 1.78 bits per heavy atom. The Morgan fingerprint density at radius 1 is 1.13 bits per heavy atom. The van der Waals surface area contributed by atoms with Crippen LogP contribution < -0.4 is 0 Å². The molecule has 0 amide bonds. The van der Waals surface area contributed by atoms with Crippen molar-refractivity contribution >= 4 is 5.90 Å². The molecule has 2 atom stereocenters. The lowest BCUT2D eigenvalue weighted by atomic mass is 10.1. The summed E-state index contributed by atoms with van der Waals surface area (Å²) < 4.78 is 5.54. The van der Waals surface area contributed by atoms with Gasteiger partial charge in [0.05, 0.1) is 0 Å². The second-order valence-corrected chi connectivity index (χ2v) is 5.53. The molecule has 1 aliphatic heterocycles. The second-order valence-electron chi connectivity index (χ2n) is 5.53. The molecule has 0 N–H and O–H groups in total. The molecule has 0 aliphatic carbocycles. The van der Waals surface area contributed by atoms with Crippen LogP contribution in [0, 0.1) is 10.1 Å². The molecule has 0 unspecified atom stereocenters. The van der Waals surface area contributed by atoms with Gasteiger partial charge in [-0.05, 0) is 17.5 Å². The van der Waals surface area contributed by atoms with Gasteiger partial charge in [-0.25, -0.2) is 4.99 Å². The Morgan fingerprint density at radius 3 is 2.43 bits per heavy atom. The van der Waals surface area contributed by atoms with E-state index in [0.717, 1.165) is 11.1 Å². The fraction of sp³-hybridized carbons (Fsp3) is 0.278. The van der Waals surface area contributed by atoms with Gasteiger partial charge in [0.1, 0.15) is 12.6 Å². The average Bonchev–Trinajstić information content (AvgIpc) is 3.06. The zero-order valence-electron chi connectivity index (χ0n) is 12.7. The quantitative estimate of drug-likeness (QED) is 0.606. The van der Waals surface area contributed by atoms with Gasteiger partial charge in [-0.2, -0.15) is 0 Å². The van der Waals surface area contributed by atoms with Crippen molar-refractivity contribution in [1.29, 1.82) is 0 Å². The number of nitro groups is 1. The third kappa shape index (κ3) is 3.74. The van der Waals surface area contributed by atoms with Crippen molar-refractivity contribution in [3.8, 4) is 0 Å². The van der Waals surface area contributed by atoms with Gasteiger partial charge in [0, 0.05) is 11.3 Å². The number of nitrogens with zero attached hydrogens (tertiary/aromatic N) is 2. The first-order chi connectivity index (χ1) is 11.2. The summed E-state index contributed by atoms with van der Waals surface area (Å²) in [5, 5.41) is 11.4. The molecule has 2 aromatic carbocycles. The molecule has 1 heterocycles. The van der Waals surface area contributed by atoms with Gasteiger partial charge in [0.25, 0.3) is 11.9 Å². The van der Waals surface area contributed by atoms with E-state index in [-0.39, 0.29) is 16.9 Å². The number of hydrogen-bond acceptors (Lipinski definition) is 4. The van der Waals surface area contributed by atoms with Crippen LogP contribution in [-0.2, 0) is 11.2 Å². The van der Waals surface area contributed by atoms with Gasteiger partial charge in [-0.15, -0.1) is 0 Å². The van der Waals surface area contributed by atoms with Crippen molar-refractivity contribution < 1.29 is 9.66 Å². The average molecular weight is 310 g/mol. The van der Waals surface area contributed by atoms with E-state index in [1.807, 2.05) is 60.7 Å². The maximum absolute atomic E-state index is 11.4. The van der Waals surface area contributed by atoms with Crippen molar-refractivity contribution in [2.24, 2.45) is 4.99 Å². The molecule has 0 bridgehead atoms. The van der Waals surface area contributed by atoms with Gasteiger partial charge >= 0.3 is 0 Å². The van der Waals surface area contributed by atoms with E-state index >= 15 is 0 Å². The minimum atomic E-state index is -0.885. The molecule has 23 heavy (non-hydrogen) atoms. The maximum atomic E-state index is 11.4. The summed E-state index contributed by atoms with van der Waals surface area (Å²) in [5.74, 6) is 0.250. The van der Waals surface area contributed by atoms with Crippen LogP contribution in [-0.4, -0.2) is 23.5 Å². The van der Waals surface area contributed by atoms with Crippen LogP contribution >= 0.6 is 0 Å². The van der Waals surface area contributed by atoms with Gasteiger partial charge in [-0.3, -0.25) is 10.1 Å². The predicted octanol–water partition coefficient (Wildman–Crippen LogP) is 3.43. The van der Waals surface area contributed by atoms with E-state index in [1.54, 1.807) is 0 Å². The van der Waals surface area contributed by atoms with E-state index in [2.05, 4.69) is 4.99 Å². The molecule has 0 radical (unpaired) electrons. The molecule has 2 aromatic rings. The van der Waals surface area contributed by atoms with Gasteiger partial charge < -0.3 is 4.74 Å². The van der Waals surface area contributed by atoms with Crippen molar-refractivity contribution in [3.63, 3.8) is 0 Å². The fourth-order valence-corrected chi connectivity index (χ4v) is 2.69. The fourth-order valence-electron chi connectivity index (χ4n) is 2.69. The maximum Gasteiger partial charge on any atom is 0.287 e. The molecule has 1 aliphatic rings. The van der Waals surface area contributed by atoms with E-state index < -0.39 is 6.04 Å². The Kier molecular flexibility index (Phi) is 4.66. The molecular weight excluding hydrogens is 292 g/mol. The number of ether oxygens (including phenoxy) is 1. The predicted molar refractivity (Wildman–Crippen MR) is 88.1 cm³/mol. The van der Waals surface area contributed by atoms with Crippen LogP contribution in [0.3, 0.4) is 0 Å². The first kappa shape index (κ1) is 15.2. The second kappa shape index (κ2) is 7.05. The van der Waals surface area contributed by atoms with Crippen LogP contribution in [0.4, 0.5) is 0 Å². The smallest absolute Gasteiger partial charge is 0.287 e. The summed E-state index contributed by atoms with van der Waals surface area (Å²) >= 11 is 0. The minimum absolute atomic E-state index is 0.148. The van der Waals surface area contributed by atoms with Crippen LogP contribution in [0.1, 0.15) is 23.6 Å². The number of aliphatic imine (C=N–C) groups is 1. The summed E-state index contributed by atoms with van der Waals surface area (Å²) in [6.07, 6.45) is 1.02. The van der Waals surface area contributed by atoms with E-state index in [0.29, 0.717) is 19.4 Å². The summed E-state index contributed by atoms with van der Waals surface area (Å²) in [6, 6.07) is 18.4. The standard InChI is InChI=1S/C18H18N2O3/c21-20(22)17(12-11-14-7-3-1-4-8-14)18-19-16(13-23-18)15-9-5-2-6-10-15/h1-10,16-17H,11-13H2/t16-,17+/m0/s1. The van der Waals surface area contributed by atoms with Crippen LogP contribution in [0.25, 0.3) is 0 Å². The Balaban J connectivity index is 1.70. The van der Waals surface area contributed by atoms with Crippen molar-refractivity contribution in [2.75, 3.05) is 6.61 Å². The molecule has 118 valence electrons. The van der Waals surface area contributed by atoms with E-state index in [1.165, 1.54) is 0 Å². The molecule has 0 saturated heterocycles. The van der Waals surface area contributed by atoms with Crippen molar-refractivity contribution in [2.45, 2.75) is 24.9 Å². The summed E-state index contributed by atoms with van der Waals surface area (Å²) in [4.78, 5) is 15.5. The largest absolute Gasteiger partial charge is 0.473 e. The molecular formula is C18H18N2O3. The van der Waals surface area contributed by atoms with E-state index in [4.69, 9.17) is 4.74 Å². The van der Waals surface area contributed by atoms with Crippen molar-refractivity contribution in [3.05, 3.63) is 81.9 Å². The third-order valence-corrected chi connectivity index (χ3v) is 3.95. The number of benzene rings is 2. The molecule has 0 spiro atoms. The van der Waals surface area contributed by atoms with Crippen LogP contribution in [0.5, 0.6) is 0 Å². The lowest BCUT2D eigenvalue weighted by molar-refractivity contribution is -0.505. The molecule has 5 nitrogen and oxygen atoms in total. The molecule has 0 saturated carbocycles. The van der Waals surface area contributed by atoms with Crippen molar-refractivity contribution in [1.82, 2.24) is 0 Å². The lowest BCUT2D eigenvalue weighted by Gasteiger charge is -2.08. The Bertz CT molecular complexity index is 686. The Hall–Kier alpha value is -2.69. The molecule has 3 rings (SSSR count). The molecule has 5 heteroatoms. The first-order valence-electron chi connectivity index (χ1n) is 7.67. The highest BCUT2D eigenvalue weighted by Crippen LogP contribution is 2.25. The topological polar surface area (TPSA) is 64.7 Å². The highest BCUT2D eigenvalue weighted by molar-refractivity contribution is 5.82. The highest BCUT2D eigenvalue weighted by atomic mass is 16.6. The summed E-state index contributed by atoms with van der Waals surface area (Å²) in [5.41, 5.74) is 2.10. The Labute approximate surface area is 134 Å². The van der Waals surface area contributed by atoms with Gasteiger partial charge in [0.2, 0.25) is 0 Å². The third-order valence-electron chi connectivity index (χ3n) is 3.95. The zero-order valence-corrected chi connectivity index (χ0v) is 12.7. The minimum Gasteiger partial charge on any atom is -0.473 e. The molecule has 0 fully saturated rings. The first-order valence-corrected chi connectivity index (χ1v) is 7.67. The number of aryl methyl sites for hydroxylation is 1. The zero-order chi connectivity index (χ0) is 16.1. The number of rotatable bonds is 6. The lowest BCUT2D eigenvalue weighted by Crippen LogP contribution is -2.30. The van der Waals surface area contributed by atoms with Crippen LogP contribution in [0.15, 0.2) is 65.7 Å². The monoisotopic (exact) mass is 310 g/mol. The SMILES string of the molecule is O=[N+]([O-])[C@H](CCc1ccccc1)C1=N[C@H](c2ccccc2)CO1. The highest BCUT2D eigenvalue weighted by Gasteiger charge is 2.34. The normalized spacial score (nSPS) is 18.1. The summed E-state index contributed by atoms with van der Waals surface area (Å²) in [6.45, 7) is 0.370. The van der Waals surface area contributed by atoms with E-state index in [9.17, 15) is 10.1 Å². The van der Waals surface area contributed by atoms with Gasteiger partial charge in [0.15, 0.2) is 0 Å². The van der Waals surface area contributed by atoms with Crippen LogP contribution in [0.2, 0.25) is 0 Å². The molecule has 0 aromatic heterocycles.